The van der Waals surface area contributed by atoms with Gasteiger partial charge in [-0.1, -0.05) is 20.8 Å². The normalized spacial score (nSPS) is 26.1. The zero-order chi connectivity index (χ0) is 19.1. The first-order valence-corrected chi connectivity index (χ1v) is 9.23. The van der Waals surface area contributed by atoms with Crippen LogP contribution < -0.4 is 0 Å². The molecule has 2 aliphatic rings. The summed E-state index contributed by atoms with van der Waals surface area (Å²) in [6, 6.07) is 3.65. The number of ether oxygens (including phenoxy) is 1. The maximum absolute atomic E-state index is 13.2. The molecule has 26 heavy (non-hydrogen) atoms. The second-order valence-corrected chi connectivity index (χ2v) is 8.71. The molecule has 0 bridgehead atoms. The highest BCUT2D eigenvalue weighted by atomic mass is 19.1. The number of aromatic hydroxyl groups is 1. The smallest absolute Gasteiger partial charge is 0.253 e. The minimum absolute atomic E-state index is 0.0115. The Balaban J connectivity index is 1.68. The van der Waals surface area contributed by atoms with Gasteiger partial charge in [-0.05, 0) is 36.5 Å². The van der Waals surface area contributed by atoms with Crippen LogP contribution in [0.2, 0.25) is 0 Å². The van der Waals surface area contributed by atoms with Crippen LogP contribution in [-0.2, 0) is 4.74 Å². The number of likely N-dealkylation sites (tertiary alicyclic amines) is 1. The van der Waals surface area contributed by atoms with Gasteiger partial charge in [0.15, 0.2) is 11.6 Å². The molecular weight excluding hydrogens is 337 g/mol. The van der Waals surface area contributed by atoms with E-state index < -0.39 is 17.2 Å². The van der Waals surface area contributed by atoms with Gasteiger partial charge < -0.3 is 19.8 Å². The van der Waals surface area contributed by atoms with E-state index in [2.05, 4.69) is 20.8 Å². The summed E-state index contributed by atoms with van der Waals surface area (Å²) in [6.45, 7) is 7.37. The lowest BCUT2D eigenvalue weighted by atomic mass is 9.76. The number of rotatable bonds is 1. The highest BCUT2D eigenvalue weighted by Gasteiger charge is 2.46. The quantitative estimate of drug-likeness (QED) is 0.802. The number of aliphatic hydroxyl groups excluding tert-OH is 1. The Kier molecular flexibility index (Phi) is 5.01. The van der Waals surface area contributed by atoms with E-state index in [0.717, 1.165) is 6.07 Å². The van der Waals surface area contributed by atoms with Crippen LogP contribution in [0.25, 0.3) is 0 Å². The van der Waals surface area contributed by atoms with Gasteiger partial charge in [0.05, 0.1) is 17.8 Å². The van der Waals surface area contributed by atoms with Crippen LogP contribution in [0.15, 0.2) is 18.2 Å². The van der Waals surface area contributed by atoms with E-state index in [-0.39, 0.29) is 29.1 Å². The zero-order valence-electron chi connectivity index (χ0n) is 15.7. The minimum Gasteiger partial charge on any atom is -0.505 e. The van der Waals surface area contributed by atoms with Crippen molar-refractivity contribution in [3.05, 3.63) is 29.6 Å². The molecule has 0 aliphatic carbocycles. The van der Waals surface area contributed by atoms with Crippen LogP contribution in [0.5, 0.6) is 5.75 Å². The summed E-state index contributed by atoms with van der Waals surface area (Å²) >= 11 is 0. The predicted molar refractivity (Wildman–Crippen MR) is 95.5 cm³/mol. The van der Waals surface area contributed by atoms with Crippen LogP contribution in [0.4, 0.5) is 4.39 Å². The van der Waals surface area contributed by atoms with Crippen molar-refractivity contribution in [2.45, 2.75) is 64.3 Å². The lowest BCUT2D eigenvalue weighted by Gasteiger charge is -2.50. The number of piperidine rings is 1. The Labute approximate surface area is 153 Å². The van der Waals surface area contributed by atoms with Gasteiger partial charge in [0.2, 0.25) is 0 Å². The molecule has 1 aromatic carbocycles. The first-order chi connectivity index (χ1) is 12.1. The third kappa shape index (κ3) is 3.86. The summed E-state index contributed by atoms with van der Waals surface area (Å²) in [7, 11) is 0. The summed E-state index contributed by atoms with van der Waals surface area (Å²) in [5.74, 6) is -1.48. The van der Waals surface area contributed by atoms with E-state index in [1.54, 1.807) is 4.90 Å². The number of hydrogen-bond acceptors (Lipinski definition) is 4. The number of carbonyl (C=O) groups is 1. The molecule has 3 rings (SSSR count). The van der Waals surface area contributed by atoms with Gasteiger partial charge in [-0.25, -0.2) is 4.39 Å². The molecule has 2 saturated heterocycles. The molecule has 0 saturated carbocycles. The zero-order valence-corrected chi connectivity index (χ0v) is 15.7. The minimum atomic E-state index is -0.739. The maximum atomic E-state index is 13.2. The molecule has 2 aliphatic heterocycles. The Morgan fingerprint density at radius 3 is 2.54 bits per heavy atom. The van der Waals surface area contributed by atoms with Crippen molar-refractivity contribution < 1.29 is 24.1 Å². The standard InChI is InChI=1S/C20H28FNO4/c1-19(2,3)17-11-14(23)12-20(26-17)6-8-22(9-7-20)18(25)13-4-5-15(21)16(24)10-13/h4-5,10,14,17,23-24H,6-9,11-12H2,1-3H3/t14-,17-/m1/s1. The van der Waals surface area contributed by atoms with Crippen molar-refractivity contribution in [1.29, 1.82) is 0 Å². The molecule has 0 unspecified atom stereocenters. The molecule has 0 aromatic heterocycles. The Bertz CT molecular complexity index is 677. The Hall–Kier alpha value is -1.66. The fourth-order valence-corrected chi connectivity index (χ4v) is 3.96. The summed E-state index contributed by atoms with van der Waals surface area (Å²) in [6.07, 6.45) is 2.17. The van der Waals surface area contributed by atoms with Crippen molar-refractivity contribution >= 4 is 5.91 Å². The van der Waals surface area contributed by atoms with Gasteiger partial charge in [-0.3, -0.25) is 4.79 Å². The van der Waals surface area contributed by atoms with E-state index in [9.17, 15) is 19.4 Å². The molecule has 5 nitrogen and oxygen atoms in total. The van der Waals surface area contributed by atoms with Crippen molar-refractivity contribution in [2.24, 2.45) is 5.41 Å². The van der Waals surface area contributed by atoms with Crippen molar-refractivity contribution in [1.82, 2.24) is 4.90 Å². The highest BCUT2D eigenvalue weighted by molar-refractivity contribution is 5.94. The maximum Gasteiger partial charge on any atom is 0.253 e. The van der Waals surface area contributed by atoms with Crippen LogP contribution in [0.1, 0.15) is 56.8 Å². The van der Waals surface area contributed by atoms with Crippen LogP contribution in [0.3, 0.4) is 0 Å². The fourth-order valence-electron chi connectivity index (χ4n) is 3.96. The SMILES string of the molecule is CC(C)(C)[C@H]1C[C@@H](O)CC2(CCN(C(=O)c3ccc(F)c(O)c3)CC2)O1. The summed E-state index contributed by atoms with van der Waals surface area (Å²) in [5, 5.41) is 19.8. The molecule has 1 amide bonds. The van der Waals surface area contributed by atoms with Crippen LogP contribution >= 0.6 is 0 Å². The number of hydrogen-bond donors (Lipinski definition) is 2. The molecular formula is C20H28FNO4. The lowest BCUT2D eigenvalue weighted by molar-refractivity contribution is -0.205. The molecule has 2 fully saturated rings. The summed E-state index contributed by atoms with van der Waals surface area (Å²) in [5.41, 5.74) is -0.165. The molecule has 1 aromatic rings. The molecule has 144 valence electrons. The van der Waals surface area contributed by atoms with Gasteiger partial charge in [-0.15, -0.1) is 0 Å². The van der Waals surface area contributed by atoms with Crippen molar-refractivity contribution in [3.8, 4) is 5.75 Å². The fraction of sp³-hybridized carbons (Fsp3) is 0.650. The topological polar surface area (TPSA) is 70.0 Å². The van der Waals surface area contributed by atoms with Crippen molar-refractivity contribution in [3.63, 3.8) is 0 Å². The van der Waals surface area contributed by atoms with Gasteiger partial charge in [0.1, 0.15) is 0 Å². The number of phenols is 1. The average molecular weight is 365 g/mol. The van der Waals surface area contributed by atoms with Crippen LogP contribution in [0, 0.1) is 11.2 Å². The highest BCUT2D eigenvalue weighted by Crippen LogP contribution is 2.42. The van der Waals surface area contributed by atoms with E-state index in [4.69, 9.17) is 4.74 Å². The number of benzene rings is 1. The van der Waals surface area contributed by atoms with Gasteiger partial charge in [-0.2, -0.15) is 0 Å². The van der Waals surface area contributed by atoms with Crippen molar-refractivity contribution in [2.75, 3.05) is 13.1 Å². The Morgan fingerprint density at radius 2 is 1.96 bits per heavy atom. The largest absolute Gasteiger partial charge is 0.505 e. The second-order valence-electron chi connectivity index (χ2n) is 8.71. The molecule has 2 heterocycles. The number of aliphatic hydroxyl groups is 1. The molecule has 1 spiro atoms. The second kappa shape index (κ2) is 6.82. The Morgan fingerprint density at radius 1 is 1.31 bits per heavy atom. The number of nitrogens with zero attached hydrogens (tertiary/aromatic N) is 1. The van der Waals surface area contributed by atoms with Gasteiger partial charge >= 0.3 is 0 Å². The summed E-state index contributed by atoms with van der Waals surface area (Å²) in [4.78, 5) is 14.3. The predicted octanol–water partition coefficient (Wildman–Crippen LogP) is 3.09. The third-order valence-electron chi connectivity index (χ3n) is 5.61. The molecule has 0 radical (unpaired) electrons. The number of amides is 1. The lowest BCUT2D eigenvalue weighted by Crippen LogP contribution is -2.55. The summed E-state index contributed by atoms with van der Waals surface area (Å²) < 4.78 is 19.6. The number of carbonyl (C=O) groups excluding carboxylic acids is 1. The average Bonchev–Trinajstić information content (AvgIpc) is 2.56. The first kappa shape index (κ1) is 19.1. The first-order valence-electron chi connectivity index (χ1n) is 9.23. The number of halogens is 1. The van der Waals surface area contributed by atoms with E-state index >= 15 is 0 Å². The van der Waals surface area contributed by atoms with Gasteiger partial charge in [0, 0.05) is 31.5 Å². The van der Waals surface area contributed by atoms with Gasteiger partial charge in [0.25, 0.3) is 5.91 Å². The molecule has 2 N–H and O–H groups in total. The van der Waals surface area contributed by atoms with E-state index in [1.807, 2.05) is 0 Å². The van der Waals surface area contributed by atoms with E-state index in [0.29, 0.717) is 38.8 Å². The third-order valence-corrected chi connectivity index (χ3v) is 5.61. The molecule has 6 heteroatoms. The van der Waals surface area contributed by atoms with Crippen LogP contribution in [-0.4, -0.2) is 51.9 Å². The monoisotopic (exact) mass is 365 g/mol. The van der Waals surface area contributed by atoms with E-state index in [1.165, 1.54) is 12.1 Å². The molecule has 2 atom stereocenters. The number of phenolic OH excluding ortho intramolecular Hbond substituents is 1.